The summed E-state index contributed by atoms with van der Waals surface area (Å²) in [7, 11) is 1.53. The van der Waals surface area contributed by atoms with Crippen LogP contribution >= 0.6 is 34.7 Å². The number of para-hydroxylation sites is 1. The maximum Gasteiger partial charge on any atom is 0.268 e. The first-order valence-corrected chi connectivity index (χ1v) is 13.6. The van der Waals surface area contributed by atoms with Crippen molar-refractivity contribution in [3.63, 3.8) is 0 Å². The number of hydrogen-bond donors (Lipinski definition) is 1. The Morgan fingerprint density at radius 3 is 2.49 bits per heavy atom. The second-order valence-corrected chi connectivity index (χ2v) is 10.7. The topological polar surface area (TPSA) is 73.2 Å². The van der Waals surface area contributed by atoms with Crippen molar-refractivity contribution in [2.45, 2.75) is 12.1 Å². The van der Waals surface area contributed by atoms with Gasteiger partial charge in [-0.3, -0.25) is 14.2 Å². The molecule has 2 heterocycles. The minimum atomic E-state index is -0.271. The zero-order chi connectivity index (χ0) is 25.9. The zero-order valence-electron chi connectivity index (χ0n) is 20.0. The number of ether oxygens (including phenoxy) is 1. The zero-order valence-corrected chi connectivity index (χ0v) is 22.4. The Morgan fingerprint density at radius 2 is 1.78 bits per heavy atom. The molecular formula is C28H22ClN3O3S2. The molecule has 0 aliphatic heterocycles. The normalized spacial score (nSPS) is 11.0. The summed E-state index contributed by atoms with van der Waals surface area (Å²) in [5.74, 6) is 0.272. The van der Waals surface area contributed by atoms with Gasteiger partial charge in [-0.2, -0.15) is 0 Å². The number of anilines is 1. The number of carbonyl (C=O) groups excluding carboxylic acids is 1. The average molecular weight is 548 g/mol. The number of nitrogens with zero attached hydrogens (tertiary/aromatic N) is 2. The van der Waals surface area contributed by atoms with Crippen LogP contribution in [0.2, 0.25) is 5.02 Å². The van der Waals surface area contributed by atoms with Crippen LogP contribution in [0.25, 0.3) is 27.0 Å². The van der Waals surface area contributed by atoms with E-state index in [0.29, 0.717) is 37.5 Å². The molecule has 9 heteroatoms. The molecule has 0 atom stereocenters. The molecule has 0 spiro atoms. The number of aromatic nitrogens is 2. The molecule has 5 aromatic rings. The Labute approximate surface area is 226 Å². The van der Waals surface area contributed by atoms with Gasteiger partial charge in [0.1, 0.15) is 10.6 Å². The molecular weight excluding hydrogens is 526 g/mol. The van der Waals surface area contributed by atoms with Crippen LogP contribution in [0, 0.1) is 6.92 Å². The van der Waals surface area contributed by atoms with Crippen molar-refractivity contribution in [2.24, 2.45) is 0 Å². The highest BCUT2D eigenvalue weighted by atomic mass is 35.5. The third-order valence-electron chi connectivity index (χ3n) is 5.72. The van der Waals surface area contributed by atoms with E-state index < -0.39 is 0 Å². The number of carbonyl (C=O) groups is 1. The lowest BCUT2D eigenvalue weighted by Gasteiger charge is -2.13. The lowest BCUT2D eigenvalue weighted by Crippen LogP contribution is -2.22. The minimum absolute atomic E-state index is 0.0380. The van der Waals surface area contributed by atoms with Crippen LogP contribution < -0.4 is 15.6 Å². The van der Waals surface area contributed by atoms with Crippen LogP contribution in [0.4, 0.5) is 5.69 Å². The van der Waals surface area contributed by atoms with Crippen molar-refractivity contribution >= 4 is 56.5 Å². The summed E-state index contributed by atoms with van der Waals surface area (Å²) >= 11 is 8.77. The fraction of sp³-hybridized carbons (Fsp3) is 0.107. The Balaban J connectivity index is 1.55. The largest absolute Gasteiger partial charge is 0.495 e. The van der Waals surface area contributed by atoms with Crippen LogP contribution in [0.3, 0.4) is 0 Å². The van der Waals surface area contributed by atoms with Gasteiger partial charge in [0, 0.05) is 15.5 Å². The van der Waals surface area contributed by atoms with Gasteiger partial charge in [0.2, 0.25) is 5.91 Å². The third kappa shape index (κ3) is 5.13. The number of thioether (sulfide) groups is 1. The maximum atomic E-state index is 14.0. The molecule has 0 aliphatic rings. The molecule has 0 saturated carbocycles. The van der Waals surface area contributed by atoms with Crippen LogP contribution in [0.15, 0.2) is 88.8 Å². The standard InChI is InChI=1S/C28H22ClN3O3S2/c1-17-24(18-9-5-3-6-10-18)25-26(37-17)31-28(32(27(25)34)20-11-7-4-8-12-20)36-16-23(33)30-21-15-19(29)13-14-22(21)35-2/h3-15H,16H2,1-2H3,(H,30,33). The molecule has 2 aromatic heterocycles. The fourth-order valence-electron chi connectivity index (χ4n) is 4.09. The molecule has 6 nitrogen and oxygen atoms in total. The first-order chi connectivity index (χ1) is 18.0. The number of hydrogen-bond acceptors (Lipinski definition) is 6. The molecule has 0 unspecified atom stereocenters. The van der Waals surface area contributed by atoms with E-state index in [2.05, 4.69) is 5.32 Å². The van der Waals surface area contributed by atoms with E-state index in [4.69, 9.17) is 21.3 Å². The number of nitrogens with one attached hydrogen (secondary N) is 1. The molecule has 3 aromatic carbocycles. The Kier molecular flexibility index (Phi) is 7.32. The highest BCUT2D eigenvalue weighted by Crippen LogP contribution is 2.37. The number of halogens is 1. The molecule has 0 saturated heterocycles. The van der Waals surface area contributed by atoms with Crippen molar-refractivity contribution in [3.05, 3.63) is 99.1 Å². The SMILES string of the molecule is COc1ccc(Cl)cc1NC(=O)CSc1nc2sc(C)c(-c3ccccc3)c2c(=O)n1-c1ccccc1. The average Bonchev–Trinajstić information content (AvgIpc) is 3.24. The number of fused-ring (bicyclic) bond motifs is 1. The first kappa shape index (κ1) is 25.1. The molecule has 0 fully saturated rings. The quantitative estimate of drug-likeness (QED) is 0.179. The van der Waals surface area contributed by atoms with E-state index in [0.717, 1.165) is 16.0 Å². The molecule has 37 heavy (non-hydrogen) atoms. The number of rotatable bonds is 7. The van der Waals surface area contributed by atoms with Crippen molar-refractivity contribution in [1.29, 1.82) is 0 Å². The van der Waals surface area contributed by atoms with Gasteiger partial charge < -0.3 is 10.1 Å². The summed E-state index contributed by atoms with van der Waals surface area (Å²) in [6.45, 7) is 2.00. The predicted octanol–water partition coefficient (Wildman–Crippen LogP) is 6.82. The molecule has 1 amide bonds. The molecule has 0 aliphatic carbocycles. The predicted molar refractivity (Wildman–Crippen MR) is 153 cm³/mol. The van der Waals surface area contributed by atoms with E-state index in [1.165, 1.54) is 30.2 Å². The summed E-state index contributed by atoms with van der Waals surface area (Å²) in [6.07, 6.45) is 0. The van der Waals surface area contributed by atoms with Crippen molar-refractivity contribution in [1.82, 2.24) is 9.55 Å². The number of amides is 1. The molecule has 5 rings (SSSR count). The highest BCUT2D eigenvalue weighted by molar-refractivity contribution is 7.99. The number of aryl methyl sites for hydroxylation is 1. The summed E-state index contributed by atoms with van der Waals surface area (Å²) in [5, 5.41) is 4.34. The smallest absolute Gasteiger partial charge is 0.268 e. The van der Waals surface area contributed by atoms with E-state index >= 15 is 0 Å². The van der Waals surface area contributed by atoms with Gasteiger partial charge >= 0.3 is 0 Å². The second-order valence-electron chi connectivity index (χ2n) is 8.13. The number of methoxy groups -OCH3 is 1. The minimum Gasteiger partial charge on any atom is -0.495 e. The second kappa shape index (κ2) is 10.8. The van der Waals surface area contributed by atoms with Crippen LogP contribution in [-0.4, -0.2) is 28.3 Å². The Bertz CT molecular complexity index is 1650. The van der Waals surface area contributed by atoms with E-state index in [9.17, 15) is 9.59 Å². The van der Waals surface area contributed by atoms with Gasteiger partial charge in [0.25, 0.3) is 5.56 Å². The van der Waals surface area contributed by atoms with Crippen LogP contribution in [-0.2, 0) is 4.79 Å². The van der Waals surface area contributed by atoms with Crippen LogP contribution in [0.5, 0.6) is 5.75 Å². The third-order valence-corrected chi connectivity index (χ3v) is 7.89. The highest BCUT2D eigenvalue weighted by Gasteiger charge is 2.21. The van der Waals surface area contributed by atoms with E-state index in [-0.39, 0.29) is 17.2 Å². The maximum absolute atomic E-state index is 14.0. The van der Waals surface area contributed by atoms with E-state index in [1.54, 1.807) is 22.8 Å². The van der Waals surface area contributed by atoms with Crippen molar-refractivity contribution < 1.29 is 9.53 Å². The summed E-state index contributed by atoms with van der Waals surface area (Å²) in [4.78, 5) is 33.4. The number of thiophene rings is 1. The molecule has 0 bridgehead atoms. The molecule has 0 radical (unpaired) electrons. The van der Waals surface area contributed by atoms with E-state index in [1.807, 2.05) is 67.6 Å². The van der Waals surface area contributed by atoms with Gasteiger partial charge in [-0.15, -0.1) is 11.3 Å². The van der Waals surface area contributed by atoms with Gasteiger partial charge in [-0.1, -0.05) is 71.9 Å². The summed E-state index contributed by atoms with van der Waals surface area (Å²) in [5.41, 5.74) is 2.86. The van der Waals surface area contributed by atoms with Gasteiger partial charge in [-0.25, -0.2) is 4.98 Å². The molecule has 186 valence electrons. The van der Waals surface area contributed by atoms with Gasteiger partial charge in [-0.05, 0) is 42.8 Å². The number of benzene rings is 3. The molecule has 1 N–H and O–H groups in total. The van der Waals surface area contributed by atoms with Gasteiger partial charge in [0.15, 0.2) is 5.16 Å². The van der Waals surface area contributed by atoms with Gasteiger partial charge in [0.05, 0.1) is 29.6 Å². The first-order valence-electron chi connectivity index (χ1n) is 11.4. The van der Waals surface area contributed by atoms with Crippen molar-refractivity contribution in [3.8, 4) is 22.6 Å². The Morgan fingerprint density at radius 1 is 1.08 bits per heavy atom. The van der Waals surface area contributed by atoms with Crippen LogP contribution in [0.1, 0.15) is 4.88 Å². The monoisotopic (exact) mass is 547 g/mol. The summed E-state index contributed by atoms with van der Waals surface area (Å²) < 4.78 is 6.90. The lowest BCUT2D eigenvalue weighted by atomic mass is 10.0. The Hall–Kier alpha value is -3.59. The summed E-state index contributed by atoms with van der Waals surface area (Å²) in [6, 6.07) is 24.2. The fourth-order valence-corrected chi connectivity index (χ4v) is 6.16. The lowest BCUT2D eigenvalue weighted by molar-refractivity contribution is -0.113. The van der Waals surface area contributed by atoms with Crippen molar-refractivity contribution in [2.75, 3.05) is 18.2 Å².